The van der Waals surface area contributed by atoms with Crippen LogP contribution in [0.5, 0.6) is 0 Å². The molecule has 3 heteroatoms. The Morgan fingerprint density at radius 1 is 1.18 bits per heavy atom. The standard InChI is InChI=1S/C7H6Cl.CHN.Na/c8-6-7-4-2-1-3-5-7;1-2;/h1-6H;1H;/q-1;;+1. The second kappa shape index (κ2) is 9.87. The Bertz CT molecular complexity index is 186. The minimum absolute atomic E-state index is 0. The molecular weight excluding hydrogens is 169 g/mol. The molecule has 0 aromatic heterocycles. The second-order valence-corrected chi connectivity index (χ2v) is 1.74. The molecule has 0 saturated carbocycles. The Morgan fingerprint density at radius 3 is 1.91 bits per heavy atom. The minimum atomic E-state index is 0. The van der Waals surface area contributed by atoms with Crippen molar-refractivity contribution < 1.29 is 29.6 Å². The molecule has 52 valence electrons. The summed E-state index contributed by atoms with van der Waals surface area (Å²) in [7, 11) is 0. The van der Waals surface area contributed by atoms with Crippen molar-refractivity contribution in [3.05, 3.63) is 41.8 Å². The summed E-state index contributed by atoms with van der Waals surface area (Å²) in [6, 6.07) is 9.77. The molecule has 0 spiro atoms. The Morgan fingerprint density at radius 2 is 1.64 bits per heavy atom. The average Bonchev–Trinajstić information content (AvgIpc) is 2.10. The van der Waals surface area contributed by atoms with Crippen LogP contribution in [0.4, 0.5) is 0 Å². The van der Waals surface area contributed by atoms with Gasteiger partial charge in [0.2, 0.25) is 0 Å². The average molecular weight is 176 g/mol. The minimum Gasteiger partial charge on any atom is -0.202 e. The van der Waals surface area contributed by atoms with Crippen molar-refractivity contribution in [3.63, 3.8) is 0 Å². The van der Waals surface area contributed by atoms with Crippen LogP contribution in [-0.4, -0.2) is 0 Å². The molecule has 1 aromatic carbocycles. The van der Waals surface area contributed by atoms with Gasteiger partial charge in [-0.05, 0) is 0 Å². The van der Waals surface area contributed by atoms with Crippen LogP contribution in [0, 0.1) is 17.7 Å². The van der Waals surface area contributed by atoms with Crippen LogP contribution >= 0.6 is 11.6 Å². The van der Waals surface area contributed by atoms with Gasteiger partial charge in [0.15, 0.2) is 0 Å². The van der Waals surface area contributed by atoms with E-state index in [1.54, 1.807) is 5.88 Å². The van der Waals surface area contributed by atoms with Crippen LogP contribution in [0.2, 0.25) is 0 Å². The first-order chi connectivity index (χ1) is 4.93. The van der Waals surface area contributed by atoms with Crippen LogP contribution in [-0.2, 0) is 0 Å². The number of hydrogen-bond acceptors (Lipinski definition) is 1. The van der Waals surface area contributed by atoms with Gasteiger partial charge in [-0.15, -0.1) is 12.1 Å². The molecule has 0 heterocycles. The zero-order chi connectivity index (χ0) is 7.82. The van der Waals surface area contributed by atoms with Gasteiger partial charge in [-0.25, -0.2) is 5.26 Å². The molecule has 1 rings (SSSR count). The fourth-order valence-corrected chi connectivity index (χ4v) is 0.671. The predicted molar refractivity (Wildman–Crippen MR) is 42.4 cm³/mol. The van der Waals surface area contributed by atoms with Crippen LogP contribution in [0.15, 0.2) is 30.3 Å². The fourth-order valence-electron chi connectivity index (χ4n) is 0.526. The van der Waals surface area contributed by atoms with Crippen LogP contribution in [0.1, 0.15) is 5.56 Å². The van der Waals surface area contributed by atoms with Crippen molar-refractivity contribution in [1.29, 1.82) is 5.26 Å². The largest absolute Gasteiger partial charge is 1.00 e. The summed E-state index contributed by atoms with van der Waals surface area (Å²) < 4.78 is 0. The van der Waals surface area contributed by atoms with Gasteiger partial charge in [0.1, 0.15) is 0 Å². The van der Waals surface area contributed by atoms with E-state index in [1.165, 1.54) is 0 Å². The van der Waals surface area contributed by atoms with Crippen LogP contribution < -0.4 is 29.6 Å². The number of benzene rings is 1. The van der Waals surface area contributed by atoms with Gasteiger partial charge in [0, 0.05) is 6.57 Å². The Kier molecular flexibility index (Phi) is 12.1. The number of hydrogen-bond donors (Lipinski definition) is 0. The second-order valence-electron chi connectivity index (χ2n) is 1.52. The summed E-state index contributed by atoms with van der Waals surface area (Å²) >= 11 is 5.40. The maximum absolute atomic E-state index is 6.50. The molecule has 0 bridgehead atoms. The number of nitriles is 1. The quantitative estimate of drug-likeness (QED) is 0.420. The summed E-state index contributed by atoms with van der Waals surface area (Å²) in [4.78, 5) is 0. The van der Waals surface area contributed by atoms with E-state index in [0.29, 0.717) is 0 Å². The van der Waals surface area contributed by atoms with Crippen LogP contribution in [0.25, 0.3) is 0 Å². The first kappa shape index (κ1) is 13.5. The molecule has 1 aromatic rings. The molecule has 0 aliphatic heterocycles. The van der Waals surface area contributed by atoms with Crippen molar-refractivity contribution in [2.75, 3.05) is 0 Å². The first-order valence-corrected chi connectivity index (χ1v) is 3.11. The maximum atomic E-state index is 6.50. The smallest absolute Gasteiger partial charge is 0.202 e. The SMILES string of the molecule is C#N.Cl[CH-]c1ccccc1.[Na+]. The van der Waals surface area contributed by atoms with E-state index in [2.05, 4.69) is 6.57 Å². The van der Waals surface area contributed by atoms with E-state index in [0.717, 1.165) is 5.56 Å². The molecule has 0 aliphatic rings. The van der Waals surface area contributed by atoms with Gasteiger partial charge in [-0.3, -0.25) is 0 Å². The van der Waals surface area contributed by atoms with Gasteiger partial charge in [-0.2, -0.15) is 29.3 Å². The van der Waals surface area contributed by atoms with Crippen molar-refractivity contribution in [1.82, 2.24) is 0 Å². The van der Waals surface area contributed by atoms with E-state index < -0.39 is 0 Å². The van der Waals surface area contributed by atoms with Gasteiger partial charge < -0.3 is 0 Å². The Hall–Kier alpha value is -0.130. The summed E-state index contributed by atoms with van der Waals surface area (Å²) in [5.41, 5.74) is 1.05. The summed E-state index contributed by atoms with van der Waals surface area (Å²) in [5.74, 6) is 1.56. The molecule has 0 N–H and O–H groups in total. The maximum Gasteiger partial charge on any atom is 1.00 e. The molecular formula is C8H7ClNNa. The zero-order valence-electron chi connectivity index (χ0n) is 6.37. The Labute approximate surface area is 94.3 Å². The monoisotopic (exact) mass is 175 g/mol. The molecule has 0 unspecified atom stereocenters. The number of halogens is 1. The third kappa shape index (κ3) is 6.28. The van der Waals surface area contributed by atoms with E-state index >= 15 is 0 Å². The van der Waals surface area contributed by atoms with E-state index in [9.17, 15) is 0 Å². The van der Waals surface area contributed by atoms with E-state index in [4.69, 9.17) is 16.9 Å². The van der Waals surface area contributed by atoms with E-state index in [1.807, 2.05) is 30.3 Å². The number of rotatable bonds is 1. The fraction of sp³-hybridized carbons (Fsp3) is 0. The molecule has 0 fully saturated rings. The summed E-state index contributed by atoms with van der Waals surface area (Å²) in [6.45, 7) is 3.50. The molecule has 0 atom stereocenters. The predicted octanol–water partition coefficient (Wildman–Crippen LogP) is -0.421. The third-order valence-electron chi connectivity index (χ3n) is 0.926. The summed E-state index contributed by atoms with van der Waals surface area (Å²) in [5, 5.41) is 6.50. The topological polar surface area (TPSA) is 23.8 Å². The van der Waals surface area contributed by atoms with Crippen molar-refractivity contribution in [2.45, 2.75) is 0 Å². The van der Waals surface area contributed by atoms with Crippen molar-refractivity contribution in [2.24, 2.45) is 0 Å². The van der Waals surface area contributed by atoms with Crippen LogP contribution in [0.3, 0.4) is 0 Å². The number of nitrogens with zero attached hydrogens (tertiary/aromatic N) is 1. The molecule has 0 saturated heterocycles. The van der Waals surface area contributed by atoms with Gasteiger partial charge in [0.05, 0.1) is 0 Å². The van der Waals surface area contributed by atoms with Crippen molar-refractivity contribution in [3.8, 4) is 6.57 Å². The molecule has 0 amide bonds. The third-order valence-corrected chi connectivity index (χ3v) is 1.18. The molecule has 11 heavy (non-hydrogen) atoms. The summed E-state index contributed by atoms with van der Waals surface area (Å²) in [6.07, 6.45) is 0. The molecule has 1 nitrogen and oxygen atoms in total. The molecule has 0 radical (unpaired) electrons. The van der Waals surface area contributed by atoms with Gasteiger partial charge in [0.25, 0.3) is 0 Å². The first-order valence-electron chi connectivity index (χ1n) is 2.68. The van der Waals surface area contributed by atoms with Gasteiger partial charge in [-0.1, -0.05) is 11.9 Å². The molecule has 0 aliphatic carbocycles. The van der Waals surface area contributed by atoms with Crippen molar-refractivity contribution >= 4 is 11.6 Å². The van der Waals surface area contributed by atoms with E-state index in [-0.39, 0.29) is 29.6 Å². The van der Waals surface area contributed by atoms with Gasteiger partial charge >= 0.3 is 29.6 Å². The Balaban J connectivity index is 0. The zero-order valence-corrected chi connectivity index (χ0v) is 9.12. The normalized spacial score (nSPS) is 6.45.